The van der Waals surface area contributed by atoms with Crippen molar-refractivity contribution < 1.29 is 13.9 Å². The lowest BCUT2D eigenvalue weighted by molar-refractivity contribution is -0.144. The Kier molecular flexibility index (Phi) is 5.27. The van der Waals surface area contributed by atoms with E-state index in [4.69, 9.17) is 9.15 Å². The molecule has 0 saturated carbocycles. The Bertz CT molecular complexity index is 622. The third-order valence-corrected chi connectivity index (χ3v) is 3.44. The van der Waals surface area contributed by atoms with Gasteiger partial charge in [0.15, 0.2) is 0 Å². The zero-order valence-corrected chi connectivity index (χ0v) is 13.4. The number of carbonyl (C=O) groups is 1. The summed E-state index contributed by atoms with van der Waals surface area (Å²) >= 11 is 0. The van der Waals surface area contributed by atoms with Gasteiger partial charge in [-0.3, -0.25) is 9.69 Å². The van der Waals surface area contributed by atoms with Crippen molar-refractivity contribution in [3.05, 3.63) is 35.7 Å². The van der Waals surface area contributed by atoms with E-state index in [9.17, 15) is 4.79 Å². The molecule has 2 rings (SSSR count). The van der Waals surface area contributed by atoms with E-state index in [0.717, 1.165) is 5.56 Å². The quantitative estimate of drug-likeness (QED) is 0.764. The fourth-order valence-corrected chi connectivity index (χ4v) is 1.95. The molecular weight excluding hydrogens is 282 g/mol. The molecule has 6 nitrogen and oxygen atoms in total. The van der Waals surface area contributed by atoms with Crippen LogP contribution < -0.4 is 0 Å². The van der Waals surface area contributed by atoms with E-state index in [1.54, 1.807) is 6.92 Å². The number of carbonyl (C=O) groups excluding carboxylic acids is 1. The molecule has 1 atom stereocenters. The second-order valence-corrected chi connectivity index (χ2v) is 5.21. The van der Waals surface area contributed by atoms with Crippen LogP contribution in [0.5, 0.6) is 0 Å². The summed E-state index contributed by atoms with van der Waals surface area (Å²) in [6.07, 6.45) is 0. The summed E-state index contributed by atoms with van der Waals surface area (Å²) in [7, 11) is 1.82. The van der Waals surface area contributed by atoms with Gasteiger partial charge < -0.3 is 9.15 Å². The summed E-state index contributed by atoms with van der Waals surface area (Å²) in [5.74, 6) is 0.684. The highest BCUT2D eigenvalue weighted by Gasteiger charge is 2.21. The van der Waals surface area contributed by atoms with Gasteiger partial charge in [0.25, 0.3) is 0 Å². The van der Waals surface area contributed by atoms with E-state index in [1.165, 1.54) is 5.56 Å². The van der Waals surface area contributed by atoms with Crippen molar-refractivity contribution in [2.45, 2.75) is 26.8 Å². The summed E-state index contributed by atoms with van der Waals surface area (Å²) in [5, 5.41) is 8.15. The molecule has 0 spiro atoms. The van der Waals surface area contributed by atoms with Crippen molar-refractivity contribution in [3.63, 3.8) is 0 Å². The minimum absolute atomic E-state index is 0.170. The highest BCUT2D eigenvalue weighted by atomic mass is 16.5. The molecule has 1 heterocycles. The summed E-state index contributed by atoms with van der Waals surface area (Å²) in [6, 6.07) is 7.71. The monoisotopic (exact) mass is 303 g/mol. The first-order chi connectivity index (χ1) is 10.5. The first-order valence-corrected chi connectivity index (χ1v) is 7.27. The van der Waals surface area contributed by atoms with Crippen LogP contribution in [0, 0.1) is 6.92 Å². The predicted molar refractivity (Wildman–Crippen MR) is 82.1 cm³/mol. The van der Waals surface area contributed by atoms with Crippen molar-refractivity contribution in [1.82, 2.24) is 15.1 Å². The van der Waals surface area contributed by atoms with Gasteiger partial charge in [-0.1, -0.05) is 17.7 Å². The van der Waals surface area contributed by atoms with Gasteiger partial charge in [0.2, 0.25) is 11.8 Å². The molecule has 0 amide bonds. The van der Waals surface area contributed by atoms with Crippen molar-refractivity contribution >= 4 is 5.97 Å². The first-order valence-electron chi connectivity index (χ1n) is 7.27. The molecule has 22 heavy (non-hydrogen) atoms. The Labute approximate surface area is 130 Å². The lowest BCUT2D eigenvalue weighted by Gasteiger charge is -2.20. The standard InChI is InChI=1S/C16H21N3O3/c1-5-21-14(20)10-19(4)12(3)15-17-18-16(22-15)13-8-6-11(2)7-9-13/h6-9,12H,5,10H2,1-4H3. The predicted octanol–water partition coefficient (Wildman–Crippen LogP) is 2.60. The van der Waals surface area contributed by atoms with E-state index in [-0.39, 0.29) is 18.6 Å². The molecule has 0 N–H and O–H groups in total. The number of hydrogen-bond acceptors (Lipinski definition) is 6. The van der Waals surface area contributed by atoms with E-state index in [2.05, 4.69) is 10.2 Å². The van der Waals surface area contributed by atoms with E-state index >= 15 is 0 Å². The number of nitrogens with zero attached hydrogens (tertiary/aromatic N) is 3. The molecule has 0 aliphatic heterocycles. The van der Waals surface area contributed by atoms with Gasteiger partial charge in [0.1, 0.15) is 0 Å². The smallest absolute Gasteiger partial charge is 0.320 e. The normalized spacial score (nSPS) is 12.4. The van der Waals surface area contributed by atoms with Crippen LogP contribution in [0.1, 0.15) is 31.3 Å². The number of hydrogen-bond donors (Lipinski definition) is 0. The number of benzene rings is 1. The van der Waals surface area contributed by atoms with Crippen molar-refractivity contribution in [1.29, 1.82) is 0 Å². The topological polar surface area (TPSA) is 68.5 Å². The van der Waals surface area contributed by atoms with Gasteiger partial charge in [0.05, 0.1) is 19.2 Å². The molecule has 0 fully saturated rings. The Hall–Kier alpha value is -2.21. The van der Waals surface area contributed by atoms with Gasteiger partial charge in [-0.2, -0.15) is 0 Å². The number of rotatable bonds is 6. The van der Waals surface area contributed by atoms with Crippen LogP contribution in [0.4, 0.5) is 0 Å². The third kappa shape index (κ3) is 3.92. The van der Waals surface area contributed by atoms with Crippen LogP contribution in [0.2, 0.25) is 0 Å². The molecule has 118 valence electrons. The Balaban J connectivity index is 2.06. The lowest BCUT2D eigenvalue weighted by atomic mass is 10.1. The average Bonchev–Trinajstić information content (AvgIpc) is 2.97. The fraction of sp³-hybridized carbons (Fsp3) is 0.438. The molecule has 0 bridgehead atoms. The number of esters is 1. The van der Waals surface area contributed by atoms with E-state index in [1.807, 2.05) is 50.1 Å². The molecule has 1 aromatic heterocycles. The summed E-state index contributed by atoms with van der Waals surface area (Å²) < 4.78 is 10.7. The zero-order chi connectivity index (χ0) is 16.1. The highest BCUT2D eigenvalue weighted by Crippen LogP contribution is 2.23. The number of aromatic nitrogens is 2. The van der Waals surface area contributed by atoms with E-state index in [0.29, 0.717) is 18.4 Å². The molecule has 6 heteroatoms. The van der Waals surface area contributed by atoms with Gasteiger partial charge in [0, 0.05) is 5.56 Å². The van der Waals surface area contributed by atoms with Crippen LogP contribution in [-0.2, 0) is 9.53 Å². The maximum absolute atomic E-state index is 11.5. The highest BCUT2D eigenvalue weighted by molar-refractivity contribution is 5.71. The summed E-state index contributed by atoms with van der Waals surface area (Å²) in [5.41, 5.74) is 2.05. The molecule has 0 aliphatic carbocycles. The number of aryl methyl sites for hydroxylation is 1. The molecule has 0 radical (unpaired) electrons. The van der Waals surface area contributed by atoms with Gasteiger partial charge in [-0.05, 0) is 40.0 Å². The SMILES string of the molecule is CCOC(=O)CN(C)C(C)c1nnc(-c2ccc(C)cc2)o1. The zero-order valence-electron chi connectivity index (χ0n) is 13.4. The Morgan fingerprint density at radius 1 is 1.32 bits per heavy atom. The van der Waals surface area contributed by atoms with Crippen LogP contribution in [-0.4, -0.2) is 41.3 Å². The number of likely N-dealkylation sites (N-methyl/N-ethyl adjacent to an activating group) is 1. The molecule has 1 unspecified atom stereocenters. The van der Waals surface area contributed by atoms with Crippen LogP contribution in [0.25, 0.3) is 11.5 Å². The maximum Gasteiger partial charge on any atom is 0.320 e. The van der Waals surface area contributed by atoms with Gasteiger partial charge in [-0.15, -0.1) is 10.2 Å². The molecule has 0 saturated heterocycles. The van der Waals surface area contributed by atoms with Crippen LogP contribution in [0.15, 0.2) is 28.7 Å². The van der Waals surface area contributed by atoms with Crippen molar-refractivity contribution in [2.75, 3.05) is 20.2 Å². The minimum atomic E-state index is -0.268. The van der Waals surface area contributed by atoms with Crippen LogP contribution >= 0.6 is 0 Å². The lowest BCUT2D eigenvalue weighted by Crippen LogP contribution is -2.30. The largest absolute Gasteiger partial charge is 0.465 e. The minimum Gasteiger partial charge on any atom is -0.465 e. The first kappa shape index (κ1) is 16.2. The average molecular weight is 303 g/mol. The molecule has 1 aromatic carbocycles. The summed E-state index contributed by atoms with van der Waals surface area (Å²) in [4.78, 5) is 13.3. The molecular formula is C16H21N3O3. The summed E-state index contributed by atoms with van der Waals surface area (Å²) in [6.45, 7) is 6.27. The fourth-order valence-electron chi connectivity index (χ4n) is 1.95. The van der Waals surface area contributed by atoms with Crippen molar-refractivity contribution in [3.8, 4) is 11.5 Å². The van der Waals surface area contributed by atoms with Gasteiger partial charge >= 0.3 is 5.97 Å². The second-order valence-electron chi connectivity index (χ2n) is 5.21. The Morgan fingerprint density at radius 3 is 2.64 bits per heavy atom. The third-order valence-electron chi connectivity index (χ3n) is 3.44. The van der Waals surface area contributed by atoms with Gasteiger partial charge in [-0.25, -0.2) is 0 Å². The maximum atomic E-state index is 11.5. The number of ether oxygens (including phenoxy) is 1. The molecule has 0 aliphatic rings. The second kappa shape index (κ2) is 7.17. The molecule has 2 aromatic rings. The van der Waals surface area contributed by atoms with Crippen LogP contribution in [0.3, 0.4) is 0 Å². The Morgan fingerprint density at radius 2 is 2.00 bits per heavy atom. The van der Waals surface area contributed by atoms with E-state index < -0.39 is 0 Å². The van der Waals surface area contributed by atoms with Crippen molar-refractivity contribution in [2.24, 2.45) is 0 Å².